The average Bonchev–Trinajstić information content (AvgIpc) is 2.59. The van der Waals surface area contributed by atoms with Crippen molar-refractivity contribution in [3.8, 4) is 11.8 Å². The molecule has 0 aliphatic carbocycles. The number of benzene rings is 2. The number of nitro groups is 1. The van der Waals surface area contributed by atoms with Crippen molar-refractivity contribution in [2.75, 3.05) is 18.5 Å². The zero-order chi connectivity index (χ0) is 16.2. The zero-order valence-electron chi connectivity index (χ0n) is 12.4. The quantitative estimate of drug-likeness (QED) is 0.690. The van der Waals surface area contributed by atoms with Crippen LogP contribution in [-0.4, -0.2) is 18.1 Å². The lowest BCUT2D eigenvalue weighted by atomic mass is 9.93. The lowest BCUT2D eigenvalue weighted by Gasteiger charge is -2.26. The summed E-state index contributed by atoms with van der Waals surface area (Å²) in [6, 6.07) is 14.2. The van der Waals surface area contributed by atoms with Crippen LogP contribution in [0.3, 0.4) is 0 Å². The SMILES string of the molecule is N#Cc1cc([N+](=O)[O-])ccc1NCC1CCOc2ccccc21. The summed E-state index contributed by atoms with van der Waals surface area (Å²) in [6.45, 7) is 1.31. The van der Waals surface area contributed by atoms with Crippen LogP contribution in [0, 0.1) is 21.4 Å². The molecule has 3 rings (SSSR count). The molecule has 116 valence electrons. The van der Waals surface area contributed by atoms with Crippen LogP contribution < -0.4 is 10.1 Å². The molecule has 0 aromatic heterocycles. The van der Waals surface area contributed by atoms with Crippen molar-refractivity contribution < 1.29 is 9.66 Å². The van der Waals surface area contributed by atoms with Crippen LogP contribution in [0.1, 0.15) is 23.5 Å². The number of hydrogen-bond acceptors (Lipinski definition) is 5. The fraction of sp³-hybridized carbons (Fsp3) is 0.235. The van der Waals surface area contributed by atoms with Crippen LogP contribution in [-0.2, 0) is 0 Å². The molecule has 0 fully saturated rings. The van der Waals surface area contributed by atoms with E-state index in [0.717, 1.165) is 17.7 Å². The molecule has 1 heterocycles. The Morgan fingerprint density at radius 3 is 2.96 bits per heavy atom. The van der Waals surface area contributed by atoms with Gasteiger partial charge >= 0.3 is 0 Å². The van der Waals surface area contributed by atoms with Gasteiger partial charge in [0.2, 0.25) is 0 Å². The summed E-state index contributed by atoms with van der Waals surface area (Å²) in [6.07, 6.45) is 0.888. The summed E-state index contributed by atoms with van der Waals surface area (Å²) in [5.41, 5.74) is 1.96. The molecule has 1 unspecified atom stereocenters. The number of non-ortho nitro benzene ring substituents is 1. The number of anilines is 1. The van der Waals surface area contributed by atoms with Crippen LogP contribution >= 0.6 is 0 Å². The maximum atomic E-state index is 10.8. The number of hydrogen-bond donors (Lipinski definition) is 1. The highest BCUT2D eigenvalue weighted by Gasteiger charge is 2.21. The smallest absolute Gasteiger partial charge is 0.270 e. The number of nitrogens with one attached hydrogen (secondary N) is 1. The molecule has 0 spiro atoms. The van der Waals surface area contributed by atoms with Gasteiger partial charge < -0.3 is 10.1 Å². The number of nitrogens with zero attached hydrogens (tertiary/aromatic N) is 2. The van der Waals surface area contributed by atoms with Crippen LogP contribution in [0.15, 0.2) is 42.5 Å². The Balaban J connectivity index is 1.77. The maximum Gasteiger partial charge on any atom is 0.270 e. The van der Waals surface area contributed by atoms with Crippen LogP contribution in [0.2, 0.25) is 0 Å². The predicted molar refractivity (Wildman–Crippen MR) is 85.6 cm³/mol. The van der Waals surface area contributed by atoms with Gasteiger partial charge in [0.05, 0.1) is 22.8 Å². The highest BCUT2D eigenvalue weighted by Crippen LogP contribution is 2.33. The second kappa shape index (κ2) is 6.36. The first kappa shape index (κ1) is 14.9. The van der Waals surface area contributed by atoms with Crippen molar-refractivity contribution in [3.63, 3.8) is 0 Å². The van der Waals surface area contributed by atoms with E-state index >= 15 is 0 Å². The summed E-state index contributed by atoms with van der Waals surface area (Å²) in [4.78, 5) is 10.3. The van der Waals surface area contributed by atoms with Gasteiger partial charge in [-0.3, -0.25) is 10.1 Å². The van der Waals surface area contributed by atoms with E-state index in [4.69, 9.17) is 4.74 Å². The maximum absolute atomic E-state index is 10.8. The fourth-order valence-electron chi connectivity index (χ4n) is 2.75. The van der Waals surface area contributed by atoms with Gasteiger partial charge in [0.1, 0.15) is 11.8 Å². The topological polar surface area (TPSA) is 88.2 Å². The molecule has 6 heteroatoms. The summed E-state index contributed by atoms with van der Waals surface area (Å²) in [7, 11) is 0. The van der Waals surface area contributed by atoms with Gasteiger partial charge in [0, 0.05) is 24.6 Å². The minimum Gasteiger partial charge on any atom is -0.493 e. The highest BCUT2D eigenvalue weighted by atomic mass is 16.6. The normalized spacial score (nSPS) is 15.9. The number of rotatable bonds is 4. The van der Waals surface area contributed by atoms with Crippen molar-refractivity contribution in [2.45, 2.75) is 12.3 Å². The molecule has 6 nitrogen and oxygen atoms in total. The Kier molecular flexibility index (Phi) is 4.11. The molecule has 0 radical (unpaired) electrons. The largest absolute Gasteiger partial charge is 0.493 e. The van der Waals surface area contributed by atoms with Crippen molar-refractivity contribution >= 4 is 11.4 Å². The first-order valence-electron chi connectivity index (χ1n) is 7.33. The van der Waals surface area contributed by atoms with E-state index in [-0.39, 0.29) is 17.2 Å². The molecule has 0 saturated heterocycles. The van der Waals surface area contributed by atoms with E-state index < -0.39 is 4.92 Å². The van der Waals surface area contributed by atoms with E-state index in [1.807, 2.05) is 30.3 Å². The van der Waals surface area contributed by atoms with E-state index in [1.54, 1.807) is 6.07 Å². The van der Waals surface area contributed by atoms with Crippen molar-refractivity contribution in [1.29, 1.82) is 5.26 Å². The molecule has 1 atom stereocenters. The second-order valence-corrected chi connectivity index (χ2v) is 5.35. The van der Waals surface area contributed by atoms with Gasteiger partial charge in [-0.05, 0) is 24.1 Å². The van der Waals surface area contributed by atoms with Gasteiger partial charge in [0.25, 0.3) is 5.69 Å². The lowest BCUT2D eigenvalue weighted by molar-refractivity contribution is -0.384. The standard InChI is InChI=1S/C17H15N3O3/c18-10-13-9-14(20(21)22)5-6-16(13)19-11-12-7-8-23-17-4-2-1-3-15(12)17/h1-6,9,12,19H,7-8,11H2. The molecule has 0 bridgehead atoms. The molecule has 23 heavy (non-hydrogen) atoms. The third kappa shape index (κ3) is 3.09. The van der Waals surface area contributed by atoms with Gasteiger partial charge in [-0.25, -0.2) is 0 Å². The number of nitriles is 1. The minimum atomic E-state index is -0.501. The number of fused-ring (bicyclic) bond motifs is 1. The summed E-state index contributed by atoms with van der Waals surface area (Å²) < 4.78 is 5.64. The van der Waals surface area contributed by atoms with Crippen molar-refractivity contribution in [2.24, 2.45) is 0 Å². The van der Waals surface area contributed by atoms with E-state index in [0.29, 0.717) is 18.8 Å². The van der Waals surface area contributed by atoms with E-state index in [2.05, 4.69) is 5.32 Å². The molecule has 1 N–H and O–H groups in total. The molecule has 0 amide bonds. The van der Waals surface area contributed by atoms with Crippen LogP contribution in [0.25, 0.3) is 0 Å². The molecule has 1 aliphatic heterocycles. The van der Waals surface area contributed by atoms with E-state index in [9.17, 15) is 15.4 Å². The molecule has 0 saturated carbocycles. The van der Waals surface area contributed by atoms with Gasteiger partial charge in [0.15, 0.2) is 0 Å². The minimum absolute atomic E-state index is 0.0801. The summed E-state index contributed by atoms with van der Waals surface area (Å²) >= 11 is 0. The molecule has 2 aromatic rings. The lowest BCUT2D eigenvalue weighted by Crippen LogP contribution is -2.21. The average molecular weight is 309 g/mol. The predicted octanol–water partition coefficient (Wildman–Crippen LogP) is 3.44. The number of para-hydroxylation sites is 1. The first-order valence-corrected chi connectivity index (χ1v) is 7.33. The van der Waals surface area contributed by atoms with Gasteiger partial charge in [-0.2, -0.15) is 5.26 Å². The molecular weight excluding hydrogens is 294 g/mol. The Bertz CT molecular complexity index is 783. The Morgan fingerprint density at radius 1 is 1.35 bits per heavy atom. The van der Waals surface area contributed by atoms with Crippen molar-refractivity contribution in [3.05, 3.63) is 63.7 Å². The van der Waals surface area contributed by atoms with Crippen molar-refractivity contribution in [1.82, 2.24) is 0 Å². The summed E-state index contributed by atoms with van der Waals surface area (Å²) in [5, 5.41) is 23.2. The Morgan fingerprint density at radius 2 is 2.17 bits per heavy atom. The highest BCUT2D eigenvalue weighted by molar-refractivity contribution is 5.61. The fourth-order valence-corrected chi connectivity index (χ4v) is 2.75. The van der Waals surface area contributed by atoms with Gasteiger partial charge in [-0.1, -0.05) is 18.2 Å². The van der Waals surface area contributed by atoms with Gasteiger partial charge in [-0.15, -0.1) is 0 Å². The summed E-state index contributed by atoms with van der Waals surface area (Å²) in [5.74, 6) is 1.18. The number of ether oxygens (including phenoxy) is 1. The van der Waals surface area contributed by atoms with Crippen LogP contribution in [0.5, 0.6) is 5.75 Å². The first-order chi connectivity index (χ1) is 11.2. The molecule has 2 aromatic carbocycles. The molecular formula is C17H15N3O3. The zero-order valence-corrected chi connectivity index (χ0v) is 12.4. The third-order valence-corrected chi connectivity index (χ3v) is 3.96. The van der Waals surface area contributed by atoms with Crippen LogP contribution in [0.4, 0.5) is 11.4 Å². The van der Waals surface area contributed by atoms with E-state index in [1.165, 1.54) is 12.1 Å². The third-order valence-electron chi connectivity index (χ3n) is 3.96. The Labute approximate surface area is 133 Å². The Hall–Kier alpha value is -3.07. The number of nitro benzene ring substituents is 1. The monoisotopic (exact) mass is 309 g/mol. The molecule has 1 aliphatic rings. The second-order valence-electron chi connectivity index (χ2n) is 5.35.